The number of nitrogens with zero attached hydrogens (tertiary/aromatic N) is 3. The SMILES string of the molecule is CCCn1c(-c2cnc(Cl)c(Cl)c2)nc2cccc(Cl)c21. The molecule has 0 spiro atoms. The molecule has 0 aliphatic rings. The highest BCUT2D eigenvalue weighted by molar-refractivity contribution is 6.41. The molecule has 0 N–H and O–H groups in total. The number of imidazole rings is 1. The highest BCUT2D eigenvalue weighted by atomic mass is 35.5. The summed E-state index contributed by atoms with van der Waals surface area (Å²) in [5, 5.41) is 1.39. The van der Waals surface area contributed by atoms with E-state index in [1.165, 1.54) is 0 Å². The van der Waals surface area contributed by atoms with Crippen molar-refractivity contribution >= 4 is 45.8 Å². The molecule has 0 radical (unpaired) electrons. The summed E-state index contributed by atoms with van der Waals surface area (Å²) in [6.07, 6.45) is 2.65. The number of hydrogen-bond acceptors (Lipinski definition) is 2. The van der Waals surface area contributed by atoms with Crippen LogP contribution in [0.5, 0.6) is 0 Å². The molecular weight excluding hydrogens is 329 g/mol. The lowest BCUT2D eigenvalue weighted by Gasteiger charge is -2.09. The third kappa shape index (κ3) is 2.61. The molecule has 0 saturated carbocycles. The summed E-state index contributed by atoms with van der Waals surface area (Å²) >= 11 is 18.3. The largest absolute Gasteiger partial charge is 0.323 e. The summed E-state index contributed by atoms with van der Waals surface area (Å²) in [5.74, 6) is 0.797. The van der Waals surface area contributed by atoms with E-state index in [0.717, 1.165) is 35.4 Å². The fourth-order valence-electron chi connectivity index (χ4n) is 2.35. The molecule has 1 aromatic carbocycles. The fourth-order valence-corrected chi connectivity index (χ4v) is 2.89. The maximum absolute atomic E-state index is 6.33. The van der Waals surface area contributed by atoms with Gasteiger partial charge in [0.1, 0.15) is 11.0 Å². The van der Waals surface area contributed by atoms with Crippen molar-refractivity contribution in [3.63, 3.8) is 0 Å². The number of aromatic nitrogens is 3. The second-order valence-corrected chi connectivity index (χ2v) is 5.86. The number of para-hydroxylation sites is 1. The smallest absolute Gasteiger partial charge is 0.147 e. The van der Waals surface area contributed by atoms with Crippen molar-refractivity contribution in [3.05, 3.63) is 45.7 Å². The van der Waals surface area contributed by atoms with E-state index >= 15 is 0 Å². The van der Waals surface area contributed by atoms with Crippen molar-refractivity contribution in [2.45, 2.75) is 19.9 Å². The highest BCUT2D eigenvalue weighted by Crippen LogP contribution is 2.31. The van der Waals surface area contributed by atoms with Gasteiger partial charge in [0, 0.05) is 18.3 Å². The second kappa shape index (κ2) is 5.84. The van der Waals surface area contributed by atoms with Gasteiger partial charge in [0.05, 0.1) is 21.1 Å². The first-order valence-corrected chi connectivity index (χ1v) is 7.71. The van der Waals surface area contributed by atoms with Gasteiger partial charge in [-0.15, -0.1) is 0 Å². The van der Waals surface area contributed by atoms with Gasteiger partial charge in [-0.05, 0) is 24.6 Å². The van der Waals surface area contributed by atoms with E-state index in [9.17, 15) is 0 Å². The summed E-state index contributed by atoms with van der Waals surface area (Å²) in [7, 11) is 0. The molecule has 0 saturated heterocycles. The Balaban J connectivity index is 2.28. The van der Waals surface area contributed by atoms with Crippen molar-refractivity contribution in [1.29, 1.82) is 0 Å². The third-order valence-corrected chi connectivity index (χ3v) is 4.21. The van der Waals surface area contributed by atoms with Gasteiger partial charge in [0.25, 0.3) is 0 Å². The zero-order valence-corrected chi connectivity index (χ0v) is 13.5. The molecular formula is C15H12Cl3N3. The zero-order valence-electron chi connectivity index (χ0n) is 11.3. The molecule has 3 rings (SSSR count). The van der Waals surface area contributed by atoms with Crippen LogP contribution in [0.15, 0.2) is 30.5 Å². The number of halogens is 3. The molecule has 0 aliphatic carbocycles. The number of pyridine rings is 1. The predicted molar refractivity (Wildman–Crippen MR) is 88.3 cm³/mol. The molecule has 0 bridgehead atoms. The molecule has 21 heavy (non-hydrogen) atoms. The Morgan fingerprint density at radius 3 is 2.67 bits per heavy atom. The third-order valence-electron chi connectivity index (χ3n) is 3.22. The van der Waals surface area contributed by atoms with Crippen LogP contribution in [0.3, 0.4) is 0 Å². The van der Waals surface area contributed by atoms with Crippen LogP contribution in [0.2, 0.25) is 15.2 Å². The Bertz CT molecular complexity index is 811. The number of rotatable bonds is 3. The molecule has 0 fully saturated rings. The normalized spacial score (nSPS) is 11.2. The molecule has 0 amide bonds. The lowest BCUT2D eigenvalue weighted by atomic mass is 10.2. The van der Waals surface area contributed by atoms with Crippen molar-refractivity contribution < 1.29 is 0 Å². The van der Waals surface area contributed by atoms with Gasteiger partial charge in [-0.25, -0.2) is 9.97 Å². The van der Waals surface area contributed by atoms with E-state index in [1.807, 2.05) is 18.2 Å². The Hall–Kier alpha value is -1.29. The first kappa shape index (κ1) is 14.6. The summed E-state index contributed by atoms with van der Waals surface area (Å²) < 4.78 is 2.10. The molecule has 6 heteroatoms. The summed E-state index contributed by atoms with van der Waals surface area (Å²) in [6, 6.07) is 7.49. The monoisotopic (exact) mass is 339 g/mol. The molecule has 0 atom stereocenters. The molecule has 108 valence electrons. The van der Waals surface area contributed by atoms with Crippen LogP contribution >= 0.6 is 34.8 Å². The minimum Gasteiger partial charge on any atom is -0.323 e. The first-order chi connectivity index (χ1) is 10.1. The van der Waals surface area contributed by atoms with Crippen LogP contribution in [-0.4, -0.2) is 14.5 Å². The Morgan fingerprint density at radius 2 is 1.95 bits per heavy atom. The van der Waals surface area contributed by atoms with Crippen LogP contribution in [0, 0.1) is 0 Å². The van der Waals surface area contributed by atoms with Gasteiger partial charge >= 0.3 is 0 Å². The number of benzene rings is 1. The molecule has 2 heterocycles. The fraction of sp³-hybridized carbons (Fsp3) is 0.200. The number of aryl methyl sites for hydroxylation is 1. The number of hydrogen-bond donors (Lipinski definition) is 0. The molecule has 0 aliphatic heterocycles. The molecule has 3 nitrogen and oxygen atoms in total. The summed E-state index contributed by atoms with van der Waals surface area (Å²) in [4.78, 5) is 8.77. The zero-order chi connectivity index (χ0) is 15.0. The first-order valence-electron chi connectivity index (χ1n) is 6.58. The predicted octanol–water partition coefficient (Wildman–Crippen LogP) is 5.47. The molecule has 3 aromatic rings. The van der Waals surface area contributed by atoms with Gasteiger partial charge in [-0.3, -0.25) is 0 Å². The van der Waals surface area contributed by atoms with Gasteiger partial charge < -0.3 is 4.57 Å². The minimum atomic E-state index is 0.289. The van der Waals surface area contributed by atoms with E-state index in [0.29, 0.717) is 10.0 Å². The minimum absolute atomic E-state index is 0.289. The van der Waals surface area contributed by atoms with Gasteiger partial charge in [-0.2, -0.15) is 0 Å². The van der Waals surface area contributed by atoms with Gasteiger partial charge in [0.2, 0.25) is 0 Å². The molecule has 2 aromatic heterocycles. The Labute approximate surface area is 137 Å². The Kier molecular flexibility index (Phi) is 4.07. The average Bonchev–Trinajstić information content (AvgIpc) is 2.83. The lowest BCUT2D eigenvalue weighted by Crippen LogP contribution is -2.00. The summed E-state index contributed by atoms with van der Waals surface area (Å²) in [5.41, 5.74) is 2.62. The number of fused-ring (bicyclic) bond motifs is 1. The van der Waals surface area contributed by atoms with Crippen molar-refractivity contribution in [2.24, 2.45) is 0 Å². The van der Waals surface area contributed by atoms with Crippen molar-refractivity contribution in [3.8, 4) is 11.4 Å². The Morgan fingerprint density at radius 1 is 1.14 bits per heavy atom. The van der Waals surface area contributed by atoms with Gasteiger partial charge in [-0.1, -0.05) is 47.8 Å². The average molecular weight is 341 g/mol. The van der Waals surface area contributed by atoms with Crippen LogP contribution < -0.4 is 0 Å². The van der Waals surface area contributed by atoms with Crippen LogP contribution in [0.1, 0.15) is 13.3 Å². The standard InChI is InChI=1S/C15H12Cl3N3/c1-2-6-21-13-10(16)4-3-5-12(13)20-15(21)9-7-11(17)14(18)19-8-9/h3-5,7-8H,2,6H2,1H3. The van der Waals surface area contributed by atoms with Crippen LogP contribution in [-0.2, 0) is 6.54 Å². The lowest BCUT2D eigenvalue weighted by molar-refractivity contribution is 0.704. The van der Waals surface area contributed by atoms with Crippen LogP contribution in [0.25, 0.3) is 22.4 Å². The molecule has 0 unspecified atom stereocenters. The second-order valence-electron chi connectivity index (χ2n) is 4.69. The van der Waals surface area contributed by atoms with E-state index in [2.05, 4.69) is 21.5 Å². The van der Waals surface area contributed by atoms with Gasteiger partial charge in [0.15, 0.2) is 0 Å². The quantitative estimate of drug-likeness (QED) is 0.592. The van der Waals surface area contributed by atoms with E-state index < -0.39 is 0 Å². The maximum Gasteiger partial charge on any atom is 0.147 e. The highest BCUT2D eigenvalue weighted by Gasteiger charge is 2.15. The van der Waals surface area contributed by atoms with Crippen LogP contribution in [0.4, 0.5) is 0 Å². The summed E-state index contributed by atoms with van der Waals surface area (Å²) in [6.45, 7) is 2.93. The van der Waals surface area contributed by atoms with E-state index in [4.69, 9.17) is 34.8 Å². The van der Waals surface area contributed by atoms with Crippen molar-refractivity contribution in [2.75, 3.05) is 0 Å². The topological polar surface area (TPSA) is 30.7 Å². The maximum atomic E-state index is 6.33. The van der Waals surface area contributed by atoms with E-state index in [1.54, 1.807) is 12.3 Å². The van der Waals surface area contributed by atoms with Crippen molar-refractivity contribution in [1.82, 2.24) is 14.5 Å². The van der Waals surface area contributed by atoms with E-state index in [-0.39, 0.29) is 5.15 Å².